The number of oxazole rings is 1. The molecule has 0 spiro atoms. The molecule has 2 heterocycles. The van der Waals surface area contributed by atoms with Gasteiger partial charge in [-0.2, -0.15) is 5.10 Å². The van der Waals surface area contributed by atoms with Crippen LogP contribution in [0.3, 0.4) is 0 Å². The van der Waals surface area contributed by atoms with E-state index in [4.69, 9.17) is 10.2 Å². The Bertz CT molecular complexity index is 612. The summed E-state index contributed by atoms with van der Waals surface area (Å²) < 4.78 is 7.33. The molecular weight excluding hydrogens is 204 g/mol. The molecule has 0 amide bonds. The minimum absolute atomic E-state index is 0.529. The second-order valence-electron chi connectivity index (χ2n) is 3.54. The molecule has 0 radical (unpaired) electrons. The van der Waals surface area contributed by atoms with Crippen LogP contribution < -0.4 is 5.73 Å². The number of aromatic nitrogens is 3. The van der Waals surface area contributed by atoms with Crippen molar-refractivity contribution in [2.75, 3.05) is 5.73 Å². The van der Waals surface area contributed by atoms with Gasteiger partial charge in [0.2, 0.25) is 5.89 Å². The molecule has 0 saturated heterocycles. The standard InChI is InChI=1S/C11H10N4O/c12-8-2-3-9-10(6-8)16-11(14-9)7-15-5-1-4-13-15/h1-6H,7,12H2. The lowest BCUT2D eigenvalue weighted by molar-refractivity contribution is 0.492. The molecule has 0 unspecified atom stereocenters. The van der Waals surface area contributed by atoms with E-state index in [-0.39, 0.29) is 0 Å². The Kier molecular flexibility index (Phi) is 1.89. The predicted octanol–water partition coefficient (Wildman–Crippen LogP) is 1.65. The summed E-state index contributed by atoms with van der Waals surface area (Å²) in [4.78, 5) is 4.35. The number of benzene rings is 1. The fraction of sp³-hybridized carbons (Fsp3) is 0.0909. The van der Waals surface area contributed by atoms with Crippen LogP contribution in [-0.4, -0.2) is 14.8 Å². The van der Waals surface area contributed by atoms with Gasteiger partial charge in [-0.05, 0) is 18.2 Å². The van der Waals surface area contributed by atoms with Crippen LogP contribution in [0.2, 0.25) is 0 Å². The molecule has 0 aliphatic rings. The van der Waals surface area contributed by atoms with E-state index in [1.807, 2.05) is 24.4 Å². The first-order chi connectivity index (χ1) is 7.81. The molecule has 0 atom stereocenters. The molecule has 3 aromatic rings. The van der Waals surface area contributed by atoms with E-state index in [0.717, 1.165) is 5.52 Å². The first-order valence-corrected chi connectivity index (χ1v) is 4.94. The van der Waals surface area contributed by atoms with Gasteiger partial charge in [-0.1, -0.05) is 0 Å². The Balaban J connectivity index is 1.99. The van der Waals surface area contributed by atoms with Gasteiger partial charge in [0.15, 0.2) is 5.58 Å². The number of fused-ring (bicyclic) bond motifs is 1. The van der Waals surface area contributed by atoms with Gasteiger partial charge >= 0.3 is 0 Å². The van der Waals surface area contributed by atoms with Gasteiger partial charge in [-0.15, -0.1) is 0 Å². The summed E-state index contributed by atoms with van der Waals surface area (Å²) in [7, 11) is 0. The molecule has 5 heteroatoms. The summed E-state index contributed by atoms with van der Waals surface area (Å²) in [5.41, 5.74) is 7.87. The summed E-state index contributed by atoms with van der Waals surface area (Å²) >= 11 is 0. The van der Waals surface area contributed by atoms with Crippen molar-refractivity contribution in [2.24, 2.45) is 0 Å². The second-order valence-corrected chi connectivity index (χ2v) is 3.54. The SMILES string of the molecule is Nc1ccc2nc(Cn3cccn3)oc2c1. The van der Waals surface area contributed by atoms with Gasteiger partial charge in [0.05, 0.1) is 0 Å². The Morgan fingerprint density at radius 2 is 2.31 bits per heavy atom. The van der Waals surface area contributed by atoms with Gasteiger partial charge in [-0.25, -0.2) is 4.98 Å². The lowest BCUT2D eigenvalue weighted by Crippen LogP contribution is -1.99. The maximum absolute atomic E-state index is 5.66. The van der Waals surface area contributed by atoms with Crippen molar-refractivity contribution in [1.82, 2.24) is 14.8 Å². The summed E-state index contributed by atoms with van der Waals surface area (Å²) in [6, 6.07) is 7.29. The first-order valence-electron chi connectivity index (χ1n) is 4.94. The number of nitrogen functional groups attached to an aromatic ring is 1. The summed E-state index contributed by atoms with van der Waals surface area (Å²) in [5.74, 6) is 0.629. The maximum atomic E-state index is 5.66. The van der Waals surface area contributed by atoms with Crippen LogP contribution in [0.5, 0.6) is 0 Å². The summed E-state index contributed by atoms with van der Waals surface area (Å²) in [6.07, 6.45) is 3.59. The van der Waals surface area contributed by atoms with E-state index in [1.54, 1.807) is 16.9 Å². The first kappa shape index (κ1) is 8.96. The average Bonchev–Trinajstić information content (AvgIpc) is 2.86. The van der Waals surface area contributed by atoms with Crippen molar-refractivity contribution in [3.8, 4) is 0 Å². The lowest BCUT2D eigenvalue weighted by Gasteiger charge is -1.94. The Labute approximate surface area is 91.5 Å². The molecule has 0 aliphatic heterocycles. The highest BCUT2D eigenvalue weighted by atomic mass is 16.3. The molecular formula is C11H10N4O. The third-order valence-corrected chi connectivity index (χ3v) is 2.31. The third-order valence-electron chi connectivity index (χ3n) is 2.31. The number of hydrogen-bond donors (Lipinski definition) is 1. The lowest BCUT2D eigenvalue weighted by atomic mass is 10.3. The van der Waals surface area contributed by atoms with Crippen LogP contribution in [0.25, 0.3) is 11.1 Å². The Morgan fingerprint density at radius 1 is 1.38 bits per heavy atom. The Hall–Kier alpha value is -2.30. The van der Waals surface area contributed by atoms with Crippen molar-refractivity contribution in [3.05, 3.63) is 42.5 Å². The highest BCUT2D eigenvalue weighted by molar-refractivity contribution is 5.76. The molecule has 1 aromatic carbocycles. The van der Waals surface area contributed by atoms with Crippen molar-refractivity contribution < 1.29 is 4.42 Å². The van der Waals surface area contributed by atoms with E-state index in [0.29, 0.717) is 23.7 Å². The zero-order valence-electron chi connectivity index (χ0n) is 8.50. The van der Waals surface area contributed by atoms with Crippen LogP contribution in [-0.2, 0) is 6.54 Å². The minimum atomic E-state index is 0.529. The van der Waals surface area contributed by atoms with E-state index in [2.05, 4.69) is 10.1 Å². The monoisotopic (exact) mass is 214 g/mol. The predicted molar refractivity (Wildman–Crippen MR) is 59.8 cm³/mol. The molecule has 3 rings (SSSR count). The van der Waals surface area contributed by atoms with Gasteiger partial charge in [0, 0.05) is 24.1 Å². The van der Waals surface area contributed by atoms with E-state index >= 15 is 0 Å². The van der Waals surface area contributed by atoms with Crippen molar-refractivity contribution >= 4 is 16.8 Å². The van der Waals surface area contributed by atoms with E-state index < -0.39 is 0 Å². The second kappa shape index (κ2) is 3.37. The van der Waals surface area contributed by atoms with Gasteiger partial charge < -0.3 is 10.2 Å². The average molecular weight is 214 g/mol. The van der Waals surface area contributed by atoms with Crippen LogP contribution in [0.1, 0.15) is 5.89 Å². The Morgan fingerprint density at radius 3 is 3.12 bits per heavy atom. The topological polar surface area (TPSA) is 69.9 Å². The van der Waals surface area contributed by atoms with Crippen LogP contribution >= 0.6 is 0 Å². The van der Waals surface area contributed by atoms with Crippen LogP contribution in [0.15, 0.2) is 41.1 Å². The molecule has 0 bridgehead atoms. The van der Waals surface area contributed by atoms with Crippen molar-refractivity contribution in [2.45, 2.75) is 6.54 Å². The zero-order chi connectivity index (χ0) is 11.0. The zero-order valence-corrected chi connectivity index (χ0v) is 8.50. The fourth-order valence-electron chi connectivity index (χ4n) is 1.59. The molecule has 2 aromatic heterocycles. The normalized spacial score (nSPS) is 11.0. The summed E-state index contributed by atoms with van der Waals surface area (Å²) in [5, 5.41) is 4.09. The molecule has 80 valence electrons. The highest BCUT2D eigenvalue weighted by Crippen LogP contribution is 2.18. The smallest absolute Gasteiger partial charge is 0.217 e. The number of hydrogen-bond acceptors (Lipinski definition) is 4. The quantitative estimate of drug-likeness (QED) is 0.658. The number of anilines is 1. The third kappa shape index (κ3) is 1.52. The van der Waals surface area contributed by atoms with Gasteiger partial charge in [-0.3, -0.25) is 4.68 Å². The molecule has 5 nitrogen and oxygen atoms in total. The molecule has 16 heavy (non-hydrogen) atoms. The number of rotatable bonds is 2. The molecule has 0 fully saturated rings. The highest BCUT2D eigenvalue weighted by Gasteiger charge is 2.06. The van der Waals surface area contributed by atoms with Gasteiger partial charge in [0.25, 0.3) is 0 Å². The molecule has 2 N–H and O–H groups in total. The van der Waals surface area contributed by atoms with Crippen LogP contribution in [0, 0.1) is 0 Å². The molecule has 0 aliphatic carbocycles. The van der Waals surface area contributed by atoms with Crippen LogP contribution in [0.4, 0.5) is 5.69 Å². The maximum Gasteiger partial charge on any atom is 0.217 e. The fourth-order valence-corrected chi connectivity index (χ4v) is 1.59. The number of nitrogens with two attached hydrogens (primary N) is 1. The largest absolute Gasteiger partial charge is 0.439 e. The van der Waals surface area contributed by atoms with E-state index in [9.17, 15) is 0 Å². The summed E-state index contributed by atoms with van der Waals surface area (Å²) in [6.45, 7) is 0.529. The van der Waals surface area contributed by atoms with Gasteiger partial charge in [0.1, 0.15) is 12.1 Å². The van der Waals surface area contributed by atoms with E-state index in [1.165, 1.54) is 0 Å². The van der Waals surface area contributed by atoms with Crippen molar-refractivity contribution in [1.29, 1.82) is 0 Å². The van der Waals surface area contributed by atoms with Crippen molar-refractivity contribution in [3.63, 3.8) is 0 Å². The minimum Gasteiger partial charge on any atom is -0.439 e. The number of nitrogens with zero attached hydrogens (tertiary/aromatic N) is 3. The molecule has 0 saturated carbocycles.